The molecule has 4 aromatic carbocycles. The van der Waals surface area contributed by atoms with Gasteiger partial charge in [-0.1, -0.05) is 60.7 Å². The van der Waals surface area contributed by atoms with Gasteiger partial charge in [-0.15, -0.1) is 0 Å². The second-order valence-electron chi connectivity index (χ2n) is 12.3. The van der Waals surface area contributed by atoms with E-state index in [-0.39, 0.29) is 5.91 Å². The highest BCUT2D eigenvalue weighted by atomic mass is 16.5. The summed E-state index contributed by atoms with van der Waals surface area (Å²) in [5.41, 5.74) is 14.9. The highest BCUT2D eigenvalue weighted by molar-refractivity contribution is 6.01. The number of aromatic nitrogens is 2. The Bertz CT molecular complexity index is 2080. The molecule has 2 aromatic heterocycles. The molecule has 8 heteroatoms. The van der Waals surface area contributed by atoms with Crippen molar-refractivity contribution in [2.75, 3.05) is 35.4 Å². The van der Waals surface area contributed by atoms with Crippen LogP contribution in [0.3, 0.4) is 0 Å². The number of pyridine rings is 2. The minimum Gasteiger partial charge on any atom is -0.398 e. The number of nitrogen functional groups attached to an aromatic ring is 1. The van der Waals surface area contributed by atoms with Crippen LogP contribution in [0, 0.1) is 0 Å². The lowest BCUT2D eigenvalue weighted by molar-refractivity contribution is -0.117. The van der Waals surface area contributed by atoms with Crippen molar-refractivity contribution in [3.05, 3.63) is 131 Å². The van der Waals surface area contributed by atoms with E-state index in [0.29, 0.717) is 25.1 Å². The van der Waals surface area contributed by atoms with E-state index in [4.69, 9.17) is 15.5 Å². The maximum absolute atomic E-state index is 12.0. The number of rotatable bonds is 8. The zero-order valence-electron chi connectivity index (χ0n) is 27.1. The van der Waals surface area contributed by atoms with Crippen molar-refractivity contribution in [2.24, 2.45) is 0 Å². The molecule has 6 aromatic rings. The molecule has 8 rings (SSSR count). The second kappa shape index (κ2) is 14.1. The third-order valence-electron chi connectivity index (χ3n) is 9.21. The summed E-state index contributed by atoms with van der Waals surface area (Å²) < 4.78 is 4.96. The topological polar surface area (TPSA) is 114 Å². The molecule has 1 amide bonds. The summed E-state index contributed by atoms with van der Waals surface area (Å²) >= 11 is 0. The minimum atomic E-state index is -0.0610. The number of methoxy groups -OCH3 is 1. The number of ether oxygens (including phenoxy) is 1. The van der Waals surface area contributed by atoms with Crippen molar-refractivity contribution >= 4 is 50.7 Å². The maximum Gasteiger partial charge on any atom is 0.226 e. The second-order valence-corrected chi connectivity index (χ2v) is 12.3. The number of nitrogens with two attached hydrogens (primary N) is 1. The molecule has 2 atom stereocenters. The van der Waals surface area contributed by atoms with Gasteiger partial charge in [-0.3, -0.25) is 4.79 Å². The normalized spacial score (nSPS) is 16.1. The number of nitrogens with one attached hydrogen (secondary N) is 3. The van der Waals surface area contributed by atoms with Gasteiger partial charge in [-0.25, -0.2) is 9.97 Å². The molecule has 0 aliphatic heterocycles. The van der Waals surface area contributed by atoms with Crippen molar-refractivity contribution in [1.82, 2.24) is 9.97 Å². The minimum absolute atomic E-state index is 0.0610. The van der Waals surface area contributed by atoms with Gasteiger partial charge in [0.15, 0.2) is 0 Å². The van der Waals surface area contributed by atoms with Crippen LogP contribution in [0.2, 0.25) is 0 Å². The number of anilines is 4. The Hall–Kier alpha value is -5.47. The molecular weight excluding hydrogens is 596 g/mol. The summed E-state index contributed by atoms with van der Waals surface area (Å²) in [6.45, 7) is 0.409. The molecule has 0 saturated carbocycles. The van der Waals surface area contributed by atoms with Crippen molar-refractivity contribution in [3.63, 3.8) is 0 Å². The van der Waals surface area contributed by atoms with Crippen LogP contribution in [0.5, 0.6) is 0 Å². The van der Waals surface area contributed by atoms with Crippen LogP contribution in [0.15, 0.2) is 109 Å². The largest absolute Gasteiger partial charge is 0.398 e. The van der Waals surface area contributed by atoms with Gasteiger partial charge in [-0.2, -0.15) is 0 Å². The highest BCUT2D eigenvalue weighted by Crippen LogP contribution is 2.35. The van der Waals surface area contributed by atoms with Crippen molar-refractivity contribution < 1.29 is 9.53 Å². The molecule has 0 radical (unpaired) electrons. The Morgan fingerprint density at radius 1 is 0.708 bits per heavy atom. The van der Waals surface area contributed by atoms with Crippen molar-refractivity contribution in [3.8, 4) is 0 Å². The number of amides is 1. The molecule has 0 saturated heterocycles. The van der Waals surface area contributed by atoms with Gasteiger partial charge < -0.3 is 26.4 Å². The van der Waals surface area contributed by atoms with E-state index in [0.717, 1.165) is 70.5 Å². The predicted octanol–water partition coefficient (Wildman–Crippen LogP) is 8.23. The summed E-state index contributed by atoms with van der Waals surface area (Å²) in [5.74, 6) is 1.70. The van der Waals surface area contributed by atoms with E-state index < -0.39 is 0 Å². The first-order valence-electron chi connectivity index (χ1n) is 16.6. The van der Waals surface area contributed by atoms with Crippen LogP contribution in [0.25, 0.3) is 21.8 Å². The van der Waals surface area contributed by atoms with Gasteiger partial charge in [0.25, 0.3) is 0 Å². The lowest BCUT2D eigenvalue weighted by Gasteiger charge is -2.16. The molecule has 0 fully saturated rings. The summed E-state index contributed by atoms with van der Waals surface area (Å²) in [6.07, 6.45) is 4.76. The molecule has 48 heavy (non-hydrogen) atoms. The fourth-order valence-corrected chi connectivity index (χ4v) is 6.78. The van der Waals surface area contributed by atoms with Crippen LogP contribution in [-0.4, -0.2) is 29.6 Å². The number of carbonyl (C=O) groups excluding carboxylic acids is 1. The van der Waals surface area contributed by atoms with Gasteiger partial charge >= 0.3 is 0 Å². The van der Waals surface area contributed by atoms with Gasteiger partial charge in [0.05, 0.1) is 41.8 Å². The number of aryl methyl sites for hydroxylation is 2. The molecule has 5 N–H and O–H groups in total. The fourth-order valence-electron chi connectivity index (χ4n) is 6.78. The number of fused-ring (bicyclic) bond motifs is 4. The Balaban J connectivity index is 0.000000156. The van der Waals surface area contributed by atoms with E-state index in [2.05, 4.69) is 69.5 Å². The third kappa shape index (κ3) is 6.80. The zero-order valence-corrected chi connectivity index (χ0v) is 27.1. The fraction of sp³-hybridized carbons (Fsp3) is 0.225. The molecule has 242 valence electrons. The molecule has 2 aliphatic carbocycles. The quantitative estimate of drug-likeness (QED) is 0.125. The highest BCUT2D eigenvalue weighted by Gasteiger charge is 2.23. The maximum atomic E-state index is 12.0. The monoisotopic (exact) mass is 636 g/mol. The molecule has 2 aliphatic rings. The van der Waals surface area contributed by atoms with Crippen molar-refractivity contribution in [1.29, 1.82) is 0 Å². The number of hydrogen-bond donors (Lipinski definition) is 4. The summed E-state index contributed by atoms with van der Waals surface area (Å²) in [6, 6.07) is 37.5. The first kappa shape index (κ1) is 31.1. The summed E-state index contributed by atoms with van der Waals surface area (Å²) in [5, 5.41) is 12.0. The Morgan fingerprint density at radius 2 is 1.27 bits per heavy atom. The van der Waals surface area contributed by atoms with Crippen LogP contribution < -0.4 is 21.7 Å². The summed E-state index contributed by atoms with van der Waals surface area (Å²) in [7, 11) is 1.59. The van der Waals surface area contributed by atoms with E-state index in [1.54, 1.807) is 7.11 Å². The van der Waals surface area contributed by atoms with Gasteiger partial charge in [0.2, 0.25) is 5.91 Å². The SMILES string of the molecule is COCCC(=O)Nc1cccc2nc(N[C@@H]3CCc4ccccc43)ccc12.Nc1cccc2nc(N[C@@H]3CCc4ccccc43)ccc12. The Labute approximate surface area is 280 Å². The molecule has 0 unspecified atom stereocenters. The lowest BCUT2D eigenvalue weighted by Crippen LogP contribution is -2.14. The van der Waals surface area contributed by atoms with Gasteiger partial charge in [0.1, 0.15) is 11.6 Å². The van der Waals surface area contributed by atoms with E-state index >= 15 is 0 Å². The van der Waals surface area contributed by atoms with Crippen LogP contribution >= 0.6 is 0 Å². The molecule has 2 heterocycles. The number of nitrogens with zero attached hydrogens (tertiary/aromatic N) is 2. The number of benzene rings is 4. The molecular formula is C40H40N6O2. The molecule has 0 spiro atoms. The Morgan fingerprint density at radius 3 is 1.90 bits per heavy atom. The molecule has 8 nitrogen and oxygen atoms in total. The lowest BCUT2D eigenvalue weighted by atomic mass is 10.1. The Kier molecular flexibility index (Phi) is 9.16. The van der Waals surface area contributed by atoms with Crippen LogP contribution in [0.1, 0.15) is 53.6 Å². The average molecular weight is 637 g/mol. The molecule has 0 bridgehead atoms. The smallest absolute Gasteiger partial charge is 0.226 e. The number of carbonyl (C=O) groups is 1. The number of hydrogen-bond acceptors (Lipinski definition) is 7. The first-order chi connectivity index (χ1) is 23.6. The predicted molar refractivity (Wildman–Crippen MR) is 195 cm³/mol. The van der Waals surface area contributed by atoms with Crippen molar-refractivity contribution in [2.45, 2.75) is 44.2 Å². The van der Waals surface area contributed by atoms with Gasteiger partial charge in [-0.05, 0) is 96.5 Å². The van der Waals surface area contributed by atoms with E-state index in [1.807, 2.05) is 60.7 Å². The van der Waals surface area contributed by atoms with Gasteiger partial charge in [0, 0.05) is 23.6 Å². The van der Waals surface area contributed by atoms with E-state index in [9.17, 15) is 4.79 Å². The summed E-state index contributed by atoms with van der Waals surface area (Å²) in [4.78, 5) is 21.4. The van der Waals surface area contributed by atoms with Crippen LogP contribution in [-0.2, 0) is 22.4 Å². The average Bonchev–Trinajstić information content (AvgIpc) is 3.72. The standard InChI is InChI=1S/C22H23N3O2.C18H17N3/c1-27-14-13-22(26)25-19-8-4-7-18-17(19)10-12-21(23-18)24-20-11-9-15-5-2-3-6-16(15)20;19-15-6-3-7-16-14(15)9-11-18(20-16)21-17-10-8-12-4-1-2-5-13(12)17/h2-8,10,12,20H,9,11,13-14H2,1H3,(H,23,24)(H,25,26);1-7,9,11,17H,8,10,19H2,(H,20,21)/t20-;17-/m11/s1. The third-order valence-corrected chi connectivity index (χ3v) is 9.21. The zero-order chi connectivity index (χ0) is 32.9. The van der Waals surface area contributed by atoms with E-state index in [1.165, 1.54) is 22.3 Å². The van der Waals surface area contributed by atoms with Crippen LogP contribution in [0.4, 0.5) is 23.0 Å². The first-order valence-corrected chi connectivity index (χ1v) is 16.6.